The van der Waals surface area contributed by atoms with Gasteiger partial charge in [0.1, 0.15) is 12.2 Å². The number of aromatic nitrogens is 2. The molecule has 5 rings (SSSR count). The Bertz CT molecular complexity index is 1020. The summed E-state index contributed by atoms with van der Waals surface area (Å²) in [4.78, 5) is 6.50. The summed E-state index contributed by atoms with van der Waals surface area (Å²) in [5, 5.41) is 27.7. The first-order valence-corrected chi connectivity index (χ1v) is 11.0. The minimum absolute atomic E-state index is 0.279. The molecule has 3 aliphatic rings. The molecule has 0 radical (unpaired) electrons. The van der Waals surface area contributed by atoms with Gasteiger partial charge in [0.05, 0.1) is 16.7 Å². The first-order chi connectivity index (χ1) is 14.8. The molecule has 164 valence electrons. The molecule has 1 aliphatic heterocycles. The van der Waals surface area contributed by atoms with Crippen molar-refractivity contribution in [3.63, 3.8) is 0 Å². The van der Waals surface area contributed by atoms with Crippen LogP contribution in [0.2, 0.25) is 0 Å². The molecule has 2 saturated carbocycles. The number of halogens is 1. The third-order valence-corrected chi connectivity index (χ3v) is 7.34. The minimum atomic E-state index is -0.909. The summed E-state index contributed by atoms with van der Waals surface area (Å²) in [7, 11) is 0. The standard InChI is InChI=1S/C23H28FN5O2/c1-22(19-27-20(31-28-19)23(2)12-17(23)24)8-10-29(11-9-22)21(30)26-18-15(13-25)4-3-5-16(18)14-6-7-14/h3-5,14,17,21,26,30H,6-12H2,1-2H3/t17-,21?,23+/m0/s1. The Morgan fingerprint density at radius 2 is 2.03 bits per heavy atom. The van der Waals surface area contributed by atoms with Crippen LogP contribution in [0.25, 0.3) is 0 Å². The largest absolute Gasteiger partial charge is 0.361 e. The fraction of sp³-hybridized carbons (Fsp3) is 0.609. The SMILES string of the molecule is CC1(c2noc([C@]3(C)C[C@@H]3F)n2)CCN(C(O)Nc2c(C#N)cccc2C2CC2)CC1. The van der Waals surface area contributed by atoms with E-state index >= 15 is 0 Å². The number of anilines is 1. The number of likely N-dealkylation sites (tertiary alicyclic amines) is 1. The monoisotopic (exact) mass is 425 g/mol. The molecule has 3 fully saturated rings. The fourth-order valence-corrected chi connectivity index (χ4v) is 4.50. The Kier molecular flexibility index (Phi) is 4.79. The number of nitriles is 1. The normalized spacial score (nSPS) is 28.7. The smallest absolute Gasteiger partial charge is 0.235 e. The highest BCUT2D eigenvalue weighted by atomic mass is 19.1. The van der Waals surface area contributed by atoms with Gasteiger partial charge in [-0.3, -0.25) is 4.90 Å². The third kappa shape index (κ3) is 3.60. The summed E-state index contributed by atoms with van der Waals surface area (Å²) in [5.74, 6) is 1.48. The van der Waals surface area contributed by atoms with Crippen molar-refractivity contribution in [1.29, 1.82) is 5.26 Å². The van der Waals surface area contributed by atoms with E-state index in [1.165, 1.54) is 0 Å². The number of piperidine rings is 1. The molecular weight excluding hydrogens is 397 g/mol. The molecule has 0 spiro atoms. The third-order valence-electron chi connectivity index (χ3n) is 7.34. The first kappa shape index (κ1) is 20.4. The predicted octanol–water partition coefficient (Wildman–Crippen LogP) is 3.56. The zero-order valence-electron chi connectivity index (χ0n) is 17.9. The number of nitrogens with one attached hydrogen (secondary N) is 1. The molecule has 1 saturated heterocycles. The number of nitrogens with zero attached hydrogens (tertiary/aromatic N) is 4. The average Bonchev–Trinajstić information content (AvgIpc) is 3.64. The summed E-state index contributed by atoms with van der Waals surface area (Å²) in [6.45, 7) is 5.20. The summed E-state index contributed by atoms with van der Waals surface area (Å²) in [6, 6.07) is 7.96. The lowest BCUT2D eigenvalue weighted by Gasteiger charge is -2.39. The molecule has 1 unspecified atom stereocenters. The van der Waals surface area contributed by atoms with E-state index in [1.54, 1.807) is 6.07 Å². The predicted molar refractivity (Wildman–Crippen MR) is 112 cm³/mol. The molecule has 7 nitrogen and oxygen atoms in total. The van der Waals surface area contributed by atoms with E-state index in [4.69, 9.17) is 4.52 Å². The van der Waals surface area contributed by atoms with Gasteiger partial charge >= 0.3 is 0 Å². The number of rotatable bonds is 6. The van der Waals surface area contributed by atoms with E-state index in [2.05, 4.69) is 28.5 Å². The fourth-order valence-electron chi connectivity index (χ4n) is 4.50. The van der Waals surface area contributed by atoms with Crippen LogP contribution in [-0.2, 0) is 10.8 Å². The maximum atomic E-state index is 13.7. The maximum Gasteiger partial charge on any atom is 0.235 e. The highest BCUT2D eigenvalue weighted by Crippen LogP contribution is 2.50. The van der Waals surface area contributed by atoms with E-state index in [9.17, 15) is 14.8 Å². The van der Waals surface area contributed by atoms with E-state index in [0.29, 0.717) is 42.7 Å². The van der Waals surface area contributed by atoms with Crippen LogP contribution in [0.4, 0.5) is 10.1 Å². The van der Waals surface area contributed by atoms with Gasteiger partial charge in [-0.25, -0.2) is 4.39 Å². The maximum absolute atomic E-state index is 13.7. The Hall–Kier alpha value is -2.50. The van der Waals surface area contributed by atoms with Gasteiger partial charge < -0.3 is 14.9 Å². The number of aliphatic hydroxyl groups excluding tert-OH is 1. The number of aliphatic hydroxyl groups is 1. The number of para-hydroxylation sites is 1. The topological polar surface area (TPSA) is 98.2 Å². The molecule has 31 heavy (non-hydrogen) atoms. The van der Waals surface area contributed by atoms with Crippen LogP contribution in [0.3, 0.4) is 0 Å². The summed E-state index contributed by atoms with van der Waals surface area (Å²) in [6.07, 6.45) is 2.38. The molecule has 2 aliphatic carbocycles. The first-order valence-electron chi connectivity index (χ1n) is 11.0. The lowest BCUT2D eigenvalue weighted by molar-refractivity contribution is -0.00163. The Morgan fingerprint density at radius 1 is 1.32 bits per heavy atom. The van der Waals surface area contributed by atoms with Gasteiger partial charge in [0, 0.05) is 18.5 Å². The van der Waals surface area contributed by atoms with Crippen molar-refractivity contribution in [2.45, 2.75) is 75.2 Å². The van der Waals surface area contributed by atoms with Crippen LogP contribution >= 0.6 is 0 Å². The van der Waals surface area contributed by atoms with Gasteiger partial charge in [-0.15, -0.1) is 0 Å². The van der Waals surface area contributed by atoms with E-state index in [-0.39, 0.29) is 5.41 Å². The molecule has 2 N–H and O–H groups in total. The molecule has 1 aromatic carbocycles. The minimum Gasteiger partial charge on any atom is -0.361 e. The summed E-state index contributed by atoms with van der Waals surface area (Å²) < 4.78 is 19.1. The Balaban J connectivity index is 1.25. The molecule has 2 heterocycles. The van der Waals surface area contributed by atoms with Gasteiger partial charge in [0.15, 0.2) is 12.2 Å². The van der Waals surface area contributed by atoms with Crippen molar-refractivity contribution >= 4 is 5.69 Å². The van der Waals surface area contributed by atoms with E-state index in [0.717, 1.165) is 36.9 Å². The number of benzene rings is 1. The lowest BCUT2D eigenvalue weighted by Crippen LogP contribution is -2.49. The van der Waals surface area contributed by atoms with Gasteiger partial charge in [0.2, 0.25) is 5.89 Å². The molecule has 3 atom stereocenters. The summed E-state index contributed by atoms with van der Waals surface area (Å²) >= 11 is 0. The Morgan fingerprint density at radius 3 is 2.65 bits per heavy atom. The number of hydrogen-bond acceptors (Lipinski definition) is 7. The van der Waals surface area contributed by atoms with Crippen molar-refractivity contribution in [2.24, 2.45) is 0 Å². The molecule has 0 amide bonds. The van der Waals surface area contributed by atoms with E-state index in [1.807, 2.05) is 24.0 Å². The molecule has 0 bridgehead atoms. The van der Waals surface area contributed by atoms with Crippen molar-refractivity contribution in [3.05, 3.63) is 41.0 Å². The molecule has 1 aromatic heterocycles. The second kappa shape index (κ2) is 7.28. The number of alkyl halides is 1. The van der Waals surface area contributed by atoms with Gasteiger partial charge in [0.25, 0.3) is 0 Å². The molecular formula is C23H28FN5O2. The zero-order valence-corrected chi connectivity index (χ0v) is 17.9. The van der Waals surface area contributed by atoms with Gasteiger partial charge in [-0.05, 0) is 56.6 Å². The highest BCUT2D eigenvalue weighted by molar-refractivity contribution is 5.64. The van der Waals surface area contributed by atoms with Gasteiger partial charge in [-0.1, -0.05) is 24.2 Å². The molecule has 2 aromatic rings. The van der Waals surface area contributed by atoms with Crippen molar-refractivity contribution in [3.8, 4) is 6.07 Å². The van der Waals surface area contributed by atoms with Crippen molar-refractivity contribution in [2.75, 3.05) is 18.4 Å². The van der Waals surface area contributed by atoms with Crippen LogP contribution < -0.4 is 5.32 Å². The van der Waals surface area contributed by atoms with Gasteiger partial charge in [-0.2, -0.15) is 10.2 Å². The van der Waals surface area contributed by atoms with Crippen LogP contribution in [0.5, 0.6) is 0 Å². The quantitative estimate of drug-likeness (QED) is 0.683. The van der Waals surface area contributed by atoms with Crippen LogP contribution in [-0.4, -0.2) is 45.8 Å². The molecule has 8 heteroatoms. The van der Waals surface area contributed by atoms with E-state index < -0.39 is 17.9 Å². The van der Waals surface area contributed by atoms with Crippen LogP contribution in [0.15, 0.2) is 22.7 Å². The number of hydrogen-bond donors (Lipinski definition) is 2. The second-order valence-corrected chi connectivity index (χ2v) is 9.78. The van der Waals surface area contributed by atoms with Crippen molar-refractivity contribution < 1.29 is 14.0 Å². The Labute approximate surface area is 181 Å². The van der Waals surface area contributed by atoms with Crippen LogP contribution in [0.1, 0.15) is 74.7 Å². The summed E-state index contributed by atoms with van der Waals surface area (Å²) in [5.41, 5.74) is 1.51. The van der Waals surface area contributed by atoms with Crippen LogP contribution in [0, 0.1) is 11.3 Å². The zero-order chi connectivity index (χ0) is 21.8. The second-order valence-electron chi connectivity index (χ2n) is 9.78. The van der Waals surface area contributed by atoms with Crippen molar-refractivity contribution in [1.82, 2.24) is 15.0 Å². The average molecular weight is 426 g/mol. The lowest BCUT2D eigenvalue weighted by atomic mass is 9.79. The highest BCUT2D eigenvalue weighted by Gasteiger charge is 2.57.